The van der Waals surface area contributed by atoms with Crippen molar-refractivity contribution in [3.05, 3.63) is 28.4 Å². The lowest BCUT2D eigenvalue weighted by atomic mass is 10.0. The molecule has 2 aromatic rings. The Morgan fingerprint density at radius 1 is 1.44 bits per heavy atom. The summed E-state index contributed by atoms with van der Waals surface area (Å²) in [7, 11) is 0. The Labute approximate surface area is 102 Å². The lowest BCUT2D eigenvalue weighted by molar-refractivity contribution is 0.157. The van der Waals surface area contributed by atoms with Crippen LogP contribution in [-0.4, -0.2) is 43.9 Å². The number of fused-ring (bicyclic) bond motifs is 1. The van der Waals surface area contributed by atoms with Gasteiger partial charge in [-0.05, 0) is 6.42 Å². The molecule has 3 heterocycles. The number of aliphatic hydroxyl groups excluding tert-OH is 2. The largest absolute Gasteiger partial charge is 0.395 e. The fourth-order valence-electron chi connectivity index (χ4n) is 2.49. The molecule has 1 aliphatic rings. The lowest BCUT2D eigenvalue weighted by Gasteiger charge is -2.13. The highest BCUT2D eigenvalue weighted by atomic mass is 16.3. The average Bonchev–Trinajstić information content (AvgIpc) is 2.93. The number of H-pyrrole nitrogens is 2. The van der Waals surface area contributed by atoms with Crippen molar-refractivity contribution in [3.8, 4) is 0 Å². The molecule has 7 nitrogen and oxygen atoms in total. The zero-order valence-corrected chi connectivity index (χ0v) is 9.55. The van der Waals surface area contributed by atoms with Crippen LogP contribution in [0.3, 0.4) is 0 Å². The van der Waals surface area contributed by atoms with Crippen LogP contribution in [-0.2, 0) is 0 Å². The number of nitrogens with zero attached hydrogens (tertiary/aromatic N) is 1. The smallest absolute Gasteiger partial charge is 0.275 e. The average molecular weight is 250 g/mol. The van der Waals surface area contributed by atoms with E-state index in [2.05, 4.69) is 20.3 Å². The molecule has 3 rings (SSSR count). The fourth-order valence-corrected chi connectivity index (χ4v) is 2.49. The van der Waals surface area contributed by atoms with Crippen LogP contribution >= 0.6 is 0 Å². The normalized spacial score (nSPS) is 28.0. The van der Waals surface area contributed by atoms with Crippen molar-refractivity contribution < 1.29 is 10.2 Å². The van der Waals surface area contributed by atoms with Gasteiger partial charge in [0.15, 0.2) is 0 Å². The Balaban J connectivity index is 2.05. The molecule has 0 radical (unpaired) electrons. The van der Waals surface area contributed by atoms with Crippen molar-refractivity contribution in [2.75, 3.05) is 6.61 Å². The van der Waals surface area contributed by atoms with Gasteiger partial charge in [-0.2, -0.15) is 0 Å². The van der Waals surface area contributed by atoms with Gasteiger partial charge in [0.1, 0.15) is 11.0 Å². The van der Waals surface area contributed by atoms with Gasteiger partial charge in [0, 0.05) is 17.8 Å². The van der Waals surface area contributed by atoms with Gasteiger partial charge < -0.3 is 25.5 Å². The Morgan fingerprint density at radius 2 is 2.28 bits per heavy atom. The SMILES string of the molecule is O=c1[nH]cnc2c([C@@H]3N[C@H](CO)CC3O)c[nH]c12. The second kappa shape index (κ2) is 4.20. The van der Waals surface area contributed by atoms with Crippen LogP contribution in [0.15, 0.2) is 17.3 Å². The summed E-state index contributed by atoms with van der Waals surface area (Å²) in [5.74, 6) is 0. The lowest BCUT2D eigenvalue weighted by Crippen LogP contribution is -2.28. The summed E-state index contributed by atoms with van der Waals surface area (Å²) in [6, 6.07) is -0.442. The van der Waals surface area contributed by atoms with Crippen molar-refractivity contribution >= 4 is 11.0 Å². The maximum absolute atomic E-state index is 11.6. The van der Waals surface area contributed by atoms with Crippen LogP contribution in [0.1, 0.15) is 18.0 Å². The van der Waals surface area contributed by atoms with E-state index in [4.69, 9.17) is 5.11 Å². The van der Waals surface area contributed by atoms with Crippen molar-refractivity contribution in [2.45, 2.75) is 24.6 Å². The Hall–Kier alpha value is -1.70. The topological polar surface area (TPSA) is 114 Å². The third kappa shape index (κ3) is 1.64. The molecule has 1 fully saturated rings. The highest BCUT2D eigenvalue weighted by molar-refractivity contribution is 5.78. The minimum absolute atomic E-state index is 0.0239. The van der Waals surface area contributed by atoms with Crippen LogP contribution in [0.2, 0.25) is 0 Å². The molecule has 0 bridgehead atoms. The molecule has 96 valence electrons. The first kappa shape index (κ1) is 11.4. The van der Waals surface area contributed by atoms with Crippen LogP contribution in [0.25, 0.3) is 11.0 Å². The quantitative estimate of drug-likeness (QED) is 0.469. The van der Waals surface area contributed by atoms with Gasteiger partial charge in [0.25, 0.3) is 5.56 Å². The number of hydrogen-bond donors (Lipinski definition) is 5. The zero-order valence-electron chi connectivity index (χ0n) is 9.55. The summed E-state index contributed by atoms with van der Waals surface area (Å²) in [4.78, 5) is 21.0. The van der Waals surface area contributed by atoms with Crippen molar-refractivity contribution in [1.29, 1.82) is 0 Å². The Kier molecular flexibility index (Phi) is 2.66. The molecule has 0 amide bonds. The van der Waals surface area contributed by atoms with Crippen LogP contribution in [0.4, 0.5) is 0 Å². The molecule has 18 heavy (non-hydrogen) atoms. The van der Waals surface area contributed by atoms with Gasteiger partial charge in [0.2, 0.25) is 0 Å². The summed E-state index contributed by atoms with van der Waals surface area (Å²) in [5.41, 5.74) is 1.46. The van der Waals surface area contributed by atoms with Crippen LogP contribution < -0.4 is 10.9 Å². The summed E-state index contributed by atoms with van der Waals surface area (Å²) in [6.45, 7) is -0.0239. The van der Waals surface area contributed by atoms with E-state index in [1.165, 1.54) is 6.33 Å². The number of hydrogen-bond acceptors (Lipinski definition) is 5. The highest BCUT2D eigenvalue weighted by Crippen LogP contribution is 2.30. The summed E-state index contributed by atoms with van der Waals surface area (Å²) < 4.78 is 0. The molecule has 1 aliphatic heterocycles. The molecule has 7 heteroatoms. The zero-order chi connectivity index (χ0) is 12.7. The van der Waals surface area contributed by atoms with E-state index in [0.717, 1.165) is 5.56 Å². The van der Waals surface area contributed by atoms with E-state index >= 15 is 0 Å². The number of nitrogens with one attached hydrogen (secondary N) is 3. The third-order valence-electron chi connectivity index (χ3n) is 3.38. The molecule has 0 aliphatic carbocycles. The first-order valence-electron chi connectivity index (χ1n) is 5.80. The van der Waals surface area contributed by atoms with Gasteiger partial charge in [-0.3, -0.25) is 4.79 Å². The standard InChI is InChI=1S/C11H14N4O3/c16-3-5-1-7(17)8(15-5)6-2-12-10-9(6)13-4-14-11(10)18/h2,4-5,7-8,12,15-17H,1,3H2,(H,13,14,18)/t5-,7?,8-/m0/s1. The van der Waals surface area contributed by atoms with E-state index in [-0.39, 0.29) is 24.2 Å². The van der Waals surface area contributed by atoms with Crippen molar-refractivity contribution in [3.63, 3.8) is 0 Å². The van der Waals surface area contributed by atoms with E-state index in [1.807, 2.05) is 0 Å². The minimum atomic E-state index is -0.595. The molecular formula is C11H14N4O3. The van der Waals surface area contributed by atoms with E-state index < -0.39 is 6.10 Å². The molecule has 0 spiro atoms. The Bertz CT molecular complexity index is 620. The number of aromatic amines is 2. The van der Waals surface area contributed by atoms with Crippen LogP contribution in [0.5, 0.6) is 0 Å². The molecule has 1 saturated heterocycles. The summed E-state index contributed by atoms with van der Waals surface area (Å²) in [5, 5.41) is 22.2. The molecule has 2 aromatic heterocycles. The van der Waals surface area contributed by atoms with Crippen molar-refractivity contribution in [2.24, 2.45) is 0 Å². The first-order chi connectivity index (χ1) is 8.70. The minimum Gasteiger partial charge on any atom is -0.395 e. The predicted octanol–water partition coefficient (Wildman–Crippen LogP) is -0.993. The molecule has 0 saturated carbocycles. The number of aliphatic hydroxyl groups is 2. The van der Waals surface area contributed by atoms with E-state index in [1.54, 1.807) is 6.20 Å². The molecule has 1 unspecified atom stereocenters. The van der Waals surface area contributed by atoms with Gasteiger partial charge in [-0.25, -0.2) is 4.98 Å². The fraction of sp³-hybridized carbons (Fsp3) is 0.455. The molecular weight excluding hydrogens is 236 g/mol. The van der Waals surface area contributed by atoms with Gasteiger partial charge in [-0.1, -0.05) is 0 Å². The Morgan fingerprint density at radius 3 is 3.00 bits per heavy atom. The maximum Gasteiger partial charge on any atom is 0.275 e. The molecule has 0 aromatic carbocycles. The van der Waals surface area contributed by atoms with Gasteiger partial charge in [0.05, 0.1) is 25.1 Å². The highest BCUT2D eigenvalue weighted by Gasteiger charge is 2.34. The number of rotatable bonds is 2. The van der Waals surface area contributed by atoms with Crippen LogP contribution in [0, 0.1) is 0 Å². The monoisotopic (exact) mass is 250 g/mol. The van der Waals surface area contributed by atoms with Crippen molar-refractivity contribution in [1.82, 2.24) is 20.3 Å². The maximum atomic E-state index is 11.6. The predicted molar refractivity (Wildman–Crippen MR) is 64.1 cm³/mol. The number of aromatic nitrogens is 3. The molecule has 5 N–H and O–H groups in total. The van der Waals surface area contributed by atoms with E-state index in [0.29, 0.717) is 17.5 Å². The third-order valence-corrected chi connectivity index (χ3v) is 3.38. The van der Waals surface area contributed by atoms with E-state index in [9.17, 15) is 9.90 Å². The van der Waals surface area contributed by atoms with Gasteiger partial charge >= 0.3 is 0 Å². The second-order valence-electron chi connectivity index (χ2n) is 4.53. The molecule has 3 atom stereocenters. The second-order valence-corrected chi connectivity index (χ2v) is 4.53. The summed E-state index contributed by atoms with van der Waals surface area (Å²) >= 11 is 0. The van der Waals surface area contributed by atoms with Gasteiger partial charge in [-0.15, -0.1) is 0 Å². The summed E-state index contributed by atoms with van der Waals surface area (Å²) in [6.07, 6.45) is 2.90. The first-order valence-corrected chi connectivity index (χ1v) is 5.80.